The van der Waals surface area contributed by atoms with Crippen molar-refractivity contribution in [1.82, 2.24) is 0 Å². The molecule has 0 bridgehead atoms. The van der Waals surface area contributed by atoms with E-state index in [9.17, 15) is 0 Å². The number of fused-ring (bicyclic) bond motifs is 5. The number of para-hydroxylation sites is 1. The molecule has 0 N–H and O–H groups in total. The topological polar surface area (TPSA) is 3.24 Å². The summed E-state index contributed by atoms with van der Waals surface area (Å²) in [4.78, 5) is 3.87. The molecule has 1 nitrogen and oxygen atoms in total. The van der Waals surface area contributed by atoms with E-state index >= 15 is 0 Å². The molecular formula is C15H13NS. The second kappa shape index (κ2) is 3.30. The second-order valence-electron chi connectivity index (χ2n) is 4.69. The minimum absolute atomic E-state index is 0.546. The van der Waals surface area contributed by atoms with Gasteiger partial charge in [-0.3, -0.25) is 0 Å². The van der Waals surface area contributed by atoms with Gasteiger partial charge in [-0.1, -0.05) is 48.2 Å². The fourth-order valence-electron chi connectivity index (χ4n) is 3.03. The molecule has 2 heteroatoms. The van der Waals surface area contributed by atoms with Crippen molar-refractivity contribution in [2.45, 2.75) is 16.2 Å². The number of thioether (sulfide) groups is 1. The number of likely N-dealkylation sites (N-methyl/N-ethyl adjacent to an activating group) is 1. The van der Waals surface area contributed by atoms with Crippen LogP contribution < -0.4 is 4.90 Å². The zero-order chi connectivity index (χ0) is 11.4. The van der Waals surface area contributed by atoms with Crippen LogP contribution in [0.3, 0.4) is 0 Å². The van der Waals surface area contributed by atoms with Gasteiger partial charge in [-0.25, -0.2) is 0 Å². The molecule has 0 aliphatic carbocycles. The lowest BCUT2D eigenvalue weighted by molar-refractivity contribution is 0.797. The highest BCUT2D eigenvalue weighted by Gasteiger charge is 2.43. The molecule has 17 heavy (non-hydrogen) atoms. The summed E-state index contributed by atoms with van der Waals surface area (Å²) in [6.07, 6.45) is 0. The van der Waals surface area contributed by atoms with E-state index in [2.05, 4.69) is 60.5 Å². The van der Waals surface area contributed by atoms with Gasteiger partial charge >= 0.3 is 0 Å². The molecule has 0 amide bonds. The average molecular weight is 239 g/mol. The maximum absolute atomic E-state index is 2.42. The molecule has 2 aromatic rings. The van der Waals surface area contributed by atoms with Crippen LogP contribution in [0.15, 0.2) is 53.4 Å². The smallest absolute Gasteiger partial charge is 0.0903 e. The van der Waals surface area contributed by atoms with E-state index < -0.39 is 0 Å². The highest BCUT2D eigenvalue weighted by Crippen LogP contribution is 2.56. The maximum Gasteiger partial charge on any atom is 0.0903 e. The van der Waals surface area contributed by atoms with Crippen LogP contribution >= 0.6 is 11.8 Å². The van der Waals surface area contributed by atoms with Crippen LogP contribution in [0, 0.1) is 0 Å². The molecule has 0 radical (unpaired) electrons. The van der Waals surface area contributed by atoms with E-state index in [0.717, 1.165) is 0 Å². The molecule has 2 aromatic carbocycles. The van der Waals surface area contributed by atoms with Gasteiger partial charge in [0.15, 0.2) is 0 Å². The van der Waals surface area contributed by atoms with Crippen LogP contribution in [-0.4, -0.2) is 12.4 Å². The number of nitrogens with zero attached hydrogens (tertiary/aromatic N) is 1. The summed E-state index contributed by atoms with van der Waals surface area (Å²) in [6.45, 7) is 0. The summed E-state index contributed by atoms with van der Waals surface area (Å²) in [5.74, 6) is 0.553. The van der Waals surface area contributed by atoms with Gasteiger partial charge in [-0.2, -0.15) is 0 Å². The fraction of sp³-hybridized carbons (Fsp3) is 0.200. The van der Waals surface area contributed by atoms with E-state index in [4.69, 9.17) is 0 Å². The van der Waals surface area contributed by atoms with Crippen molar-refractivity contribution in [1.29, 1.82) is 0 Å². The van der Waals surface area contributed by atoms with Crippen molar-refractivity contribution < 1.29 is 0 Å². The van der Waals surface area contributed by atoms with Crippen LogP contribution in [0.2, 0.25) is 0 Å². The third kappa shape index (κ3) is 1.16. The predicted molar refractivity (Wildman–Crippen MR) is 72.8 cm³/mol. The van der Waals surface area contributed by atoms with E-state index in [-0.39, 0.29) is 0 Å². The summed E-state index contributed by atoms with van der Waals surface area (Å²) in [7, 11) is 2.21. The van der Waals surface area contributed by atoms with Crippen LogP contribution in [-0.2, 0) is 0 Å². The quantitative estimate of drug-likeness (QED) is 0.689. The zero-order valence-electron chi connectivity index (χ0n) is 9.63. The lowest BCUT2D eigenvalue weighted by Crippen LogP contribution is -2.24. The third-order valence-corrected chi connectivity index (χ3v) is 5.28. The Kier molecular flexibility index (Phi) is 1.86. The first-order chi connectivity index (χ1) is 8.36. The molecule has 2 unspecified atom stereocenters. The van der Waals surface area contributed by atoms with Gasteiger partial charge < -0.3 is 4.90 Å². The minimum Gasteiger partial charge on any atom is -0.361 e. The van der Waals surface area contributed by atoms with Crippen molar-refractivity contribution >= 4 is 17.4 Å². The van der Waals surface area contributed by atoms with Gasteiger partial charge in [-0.05, 0) is 23.3 Å². The Morgan fingerprint density at radius 2 is 1.65 bits per heavy atom. The first-order valence-corrected chi connectivity index (χ1v) is 6.81. The van der Waals surface area contributed by atoms with Crippen LogP contribution in [0.5, 0.6) is 0 Å². The van der Waals surface area contributed by atoms with Crippen LogP contribution in [0.1, 0.15) is 17.0 Å². The summed E-state index contributed by atoms with van der Waals surface area (Å²) < 4.78 is 0. The summed E-state index contributed by atoms with van der Waals surface area (Å²) in [6, 6.07) is 17.6. The summed E-state index contributed by atoms with van der Waals surface area (Å²) in [5, 5.41) is 0.546. The minimum atomic E-state index is 0.546. The summed E-state index contributed by atoms with van der Waals surface area (Å²) >= 11 is 2.00. The molecule has 4 rings (SSSR count). The van der Waals surface area contributed by atoms with Gasteiger partial charge in [-0.15, -0.1) is 0 Å². The van der Waals surface area contributed by atoms with E-state index in [1.54, 1.807) is 0 Å². The Hall–Kier alpha value is -1.41. The Bertz CT molecular complexity index is 593. The highest BCUT2D eigenvalue weighted by atomic mass is 32.2. The third-order valence-electron chi connectivity index (χ3n) is 3.82. The largest absolute Gasteiger partial charge is 0.361 e. The summed E-state index contributed by atoms with van der Waals surface area (Å²) in [5.41, 5.74) is 4.38. The molecule has 2 atom stereocenters. The molecule has 84 valence electrons. The molecule has 2 aliphatic heterocycles. The fourth-order valence-corrected chi connectivity index (χ4v) is 4.48. The van der Waals surface area contributed by atoms with Gasteiger partial charge in [0.2, 0.25) is 0 Å². The van der Waals surface area contributed by atoms with Crippen LogP contribution in [0.25, 0.3) is 0 Å². The standard InChI is InChI=1S/C15H13NS/c1-16-12-8-4-2-6-10(12)14-11-7-3-5-9-13(11)17-15(14)16/h2-9,14-15H,1H3. The van der Waals surface area contributed by atoms with Crippen molar-refractivity contribution in [3.05, 3.63) is 59.7 Å². The Morgan fingerprint density at radius 1 is 0.941 bits per heavy atom. The lowest BCUT2D eigenvalue weighted by Gasteiger charge is -2.20. The van der Waals surface area contributed by atoms with Gasteiger partial charge in [0.25, 0.3) is 0 Å². The molecule has 0 spiro atoms. The first-order valence-electron chi connectivity index (χ1n) is 5.93. The van der Waals surface area contributed by atoms with Crippen molar-refractivity contribution in [3.63, 3.8) is 0 Å². The van der Waals surface area contributed by atoms with Crippen molar-refractivity contribution in [2.24, 2.45) is 0 Å². The monoisotopic (exact) mass is 239 g/mol. The van der Waals surface area contributed by atoms with Crippen molar-refractivity contribution in [2.75, 3.05) is 11.9 Å². The Labute approximate surface area is 105 Å². The molecule has 2 aliphatic rings. The highest BCUT2D eigenvalue weighted by molar-refractivity contribution is 8.00. The predicted octanol–water partition coefficient (Wildman–Crippen LogP) is 3.70. The normalized spacial score (nSPS) is 24.4. The maximum atomic E-state index is 2.42. The van der Waals surface area contributed by atoms with Gasteiger partial charge in [0, 0.05) is 23.5 Å². The van der Waals surface area contributed by atoms with Gasteiger partial charge in [0.05, 0.1) is 5.37 Å². The van der Waals surface area contributed by atoms with E-state index in [1.165, 1.54) is 21.7 Å². The molecular weight excluding hydrogens is 226 g/mol. The lowest BCUT2D eigenvalue weighted by atomic mass is 9.93. The Balaban J connectivity index is 1.95. The number of anilines is 1. The van der Waals surface area contributed by atoms with E-state index in [1.807, 2.05) is 11.8 Å². The van der Waals surface area contributed by atoms with E-state index in [0.29, 0.717) is 11.3 Å². The Morgan fingerprint density at radius 3 is 2.53 bits per heavy atom. The number of hydrogen-bond donors (Lipinski definition) is 0. The second-order valence-corrected chi connectivity index (χ2v) is 5.85. The van der Waals surface area contributed by atoms with Crippen LogP contribution in [0.4, 0.5) is 5.69 Å². The molecule has 0 saturated carbocycles. The zero-order valence-corrected chi connectivity index (χ0v) is 10.4. The average Bonchev–Trinajstić information content (AvgIpc) is 2.88. The van der Waals surface area contributed by atoms with Crippen molar-refractivity contribution in [3.8, 4) is 0 Å². The molecule has 0 aromatic heterocycles. The first kappa shape index (κ1) is 9.60. The SMILES string of the molecule is CN1c2ccccc2C2c3ccccc3SC21. The number of benzene rings is 2. The van der Waals surface area contributed by atoms with Gasteiger partial charge in [0.1, 0.15) is 0 Å². The molecule has 0 saturated heterocycles. The molecule has 2 heterocycles. The number of hydrogen-bond acceptors (Lipinski definition) is 2. The molecule has 0 fully saturated rings. The number of rotatable bonds is 0.